The summed E-state index contributed by atoms with van der Waals surface area (Å²) in [6.45, 7) is 2.18. The smallest absolute Gasteiger partial charge is 0.325 e. The van der Waals surface area contributed by atoms with Gasteiger partial charge in [0.1, 0.15) is 6.54 Å². The molecule has 0 unspecified atom stereocenters. The predicted molar refractivity (Wildman–Crippen MR) is 86.2 cm³/mol. The SMILES string of the molecule is CCOC(=O)CN(C(=O)CSc1ccc(Br)cc1)C1CC1. The Balaban J connectivity index is 1.86. The first-order chi connectivity index (χ1) is 10.1. The third kappa shape index (κ3) is 5.36. The molecule has 0 N–H and O–H groups in total. The van der Waals surface area contributed by atoms with Crippen LogP contribution in [0.1, 0.15) is 19.8 Å². The number of benzene rings is 1. The summed E-state index contributed by atoms with van der Waals surface area (Å²) in [7, 11) is 0. The van der Waals surface area contributed by atoms with Crippen LogP contribution in [0.5, 0.6) is 0 Å². The van der Waals surface area contributed by atoms with Gasteiger partial charge in [0.2, 0.25) is 5.91 Å². The minimum absolute atomic E-state index is 0.00141. The molecule has 1 aliphatic carbocycles. The second kappa shape index (κ2) is 7.84. The van der Waals surface area contributed by atoms with Crippen molar-refractivity contribution in [3.8, 4) is 0 Å². The highest BCUT2D eigenvalue weighted by molar-refractivity contribution is 9.10. The number of nitrogens with zero attached hydrogens (tertiary/aromatic N) is 1. The number of ether oxygens (including phenoxy) is 1. The number of carbonyl (C=O) groups is 2. The Morgan fingerprint density at radius 2 is 2.00 bits per heavy atom. The fourth-order valence-corrected chi connectivity index (χ4v) is 2.96. The van der Waals surface area contributed by atoms with Gasteiger partial charge >= 0.3 is 5.97 Å². The van der Waals surface area contributed by atoms with Gasteiger partial charge in [-0.25, -0.2) is 0 Å². The summed E-state index contributed by atoms with van der Waals surface area (Å²) in [5.74, 6) is 0.0159. The molecule has 0 saturated heterocycles. The van der Waals surface area contributed by atoms with E-state index in [9.17, 15) is 9.59 Å². The van der Waals surface area contributed by atoms with E-state index in [1.807, 2.05) is 24.3 Å². The number of amides is 1. The number of hydrogen-bond acceptors (Lipinski definition) is 4. The normalized spacial score (nSPS) is 13.8. The molecule has 0 aliphatic heterocycles. The van der Waals surface area contributed by atoms with E-state index >= 15 is 0 Å². The number of carbonyl (C=O) groups excluding carboxylic acids is 2. The maximum absolute atomic E-state index is 12.3. The average Bonchev–Trinajstić information content (AvgIpc) is 3.29. The third-order valence-electron chi connectivity index (χ3n) is 3.09. The molecule has 1 saturated carbocycles. The first-order valence-electron chi connectivity index (χ1n) is 6.93. The number of thioether (sulfide) groups is 1. The van der Waals surface area contributed by atoms with Crippen molar-refractivity contribution in [3.63, 3.8) is 0 Å². The molecule has 6 heteroatoms. The molecule has 1 aromatic carbocycles. The van der Waals surface area contributed by atoms with Gasteiger partial charge in [-0.05, 0) is 44.0 Å². The van der Waals surface area contributed by atoms with Crippen molar-refractivity contribution >= 4 is 39.6 Å². The summed E-state index contributed by atoms with van der Waals surface area (Å²) in [5, 5.41) is 0. The van der Waals surface area contributed by atoms with Crippen LogP contribution in [0.3, 0.4) is 0 Å². The largest absolute Gasteiger partial charge is 0.465 e. The van der Waals surface area contributed by atoms with Gasteiger partial charge in [0, 0.05) is 15.4 Å². The van der Waals surface area contributed by atoms with Gasteiger partial charge in [0.05, 0.1) is 12.4 Å². The standard InChI is InChI=1S/C15H18BrNO3S/c1-2-20-15(19)9-17(12-5-6-12)14(18)10-21-13-7-3-11(16)4-8-13/h3-4,7-8,12H,2,5-6,9-10H2,1H3. The van der Waals surface area contributed by atoms with E-state index in [0.717, 1.165) is 22.2 Å². The van der Waals surface area contributed by atoms with Crippen molar-refractivity contribution in [2.24, 2.45) is 0 Å². The summed E-state index contributed by atoms with van der Waals surface area (Å²) in [5.41, 5.74) is 0. The molecule has 2 rings (SSSR count). The zero-order valence-corrected chi connectivity index (χ0v) is 14.3. The molecule has 0 radical (unpaired) electrons. The summed E-state index contributed by atoms with van der Waals surface area (Å²) < 4.78 is 5.95. The van der Waals surface area contributed by atoms with Crippen molar-refractivity contribution in [1.29, 1.82) is 0 Å². The quantitative estimate of drug-likeness (QED) is 0.545. The zero-order valence-electron chi connectivity index (χ0n) is 11.9. The average molecular weight is 372 g/mol. The molecule has 1 aliphatic rings. The van der Waals surface area contributed by atoms with E-state index < -0.39 is 0 Å². The van der Waals surface area contributed by atoms with Crippen molar-refractivity contribution < 1.29 is 14.3 Å². The highest BCUT2D eigenvalue weighted by Gasteiger charge is 2.33. The maximum atomic E-state index is 12.3. The summed E-state index contributed by atoms with van der Waals surface area (Å²) in [6.07, 6.45) is 1.96. The number of rotatable bonds is 7. The molecule has 0 atom stereocenters. The molecule has 1 aromatic rings. The number of esters is 1. The topological polar surface area (TPSA) is 46.6 Å². The lowest BCUT2D eigenvalue weighted by Crippen LogP contribution is -2.39. The Labute approximate surface area is 137 Å². The third-order valence-corrected chi connectivity index (χ3v) is 4.61. The Hall–Kier alpha value is -1.01. The predicted octanol–water partition coefficient (Wildman–Crippen LogP) is 3.10. The van der Waals surface area contributed by atoms with Gasteiger partial charge in [-0.1, -0.05) is 15.9 Å². The van der Waals surface area contributed by atoms with Crippen LogP contribution in [-0.2, 0) is 14.3 Å². The summed E-state index contributed by atoms with van der Waals surface area (Å²) >= 11 is 4.87. The van der Waals surface area contributed by atoms with Gasteiger partial charge in [0.15, 0.2) is 0 Å². The maximum Gasteiger partial charge on any atom is 0.325 e. The van der Waals surface area contributed by atoms with Crippen LogP contribution in [0.25, 0.3) is 0 Å². The first kappa shape index (κ1) is 16.4. The Morgan fingerprint density at radius 1 is 1.33 bits per heavy atom. The van der Waals surface area contributed by atoms with Crippen molar-refractivity contribution in [1.82, 2.24) is 4.90 Å². The fraction of sp³-hybridized carbons (Fsp3) is 0.467. The summed E-state index contributed by atoms with van der Waals surface area (Å²) in [4.78, 5) is 26.6. The lowest BCUT2D eigenvalue weighted by molar-refractivity contribution is -0.148. The minimum atomic E-state index is -0.327. The molecule has 1 fully saturated rings. The molecule has 114 valence electrons. The van der Waals surface area contributed by atoms with Crippen LogP contribution in [0.15, 0.2) is 33.6 Å². The van der Waals surface area contributed by atoms with Gasteiger partial charge in [-0.15, -0.1) is 11.8 Å². The van der Waals surface area contributed by atoms with Crippen molar-refractivity contribution in [2.75, 3.05) is 18.9 Å². The highest BCUT2D eigenvalue weighted by atomic mass is 79.9. The Kier molecular flexibility index (Phi) is 6.11. The molecule has 0 aromatic heterocycles. The van der Waals surface area contributed by atoms with Crippen molar-refractivity contribution in [2.45, 2.75) is 30.7 Å². The summed E-state index contributed by atoms with van der Waals surface area (Å²) in [6, 6.07) is 8.05. The molecule has 4 nitrogen and oxygen atoms in total. The van der Waals surface area contributed by atoms with E-state index in [4.69, 9.17) is 4.74 Å². The van der Waals surface area contributed by atoms with E-state index in [-0.39, 0.29) is 24.5 Å². The van der Waals surface area contributed by atoms with E-state index in [2.05, 4.69) is 15.9 Å². The van der Waals surface area contributed by atoms with Crippen molar-refractivity contribution in [3.05, 3.63) is 28.7 Å². The van der Waals surface area contributed by atoms with Crippen LogP contribution in [0.2, 0.25) is 0 Å². The van der Waals surface area contributed by atoms with Crippen LogP contribution >= 0.6 is 27.7 Å². The van der Waals surface area contributed by atoms with Gasteiger partial charge in [-0.2, -0.15) is 0 Å². The lowest BCUT2D eigenvalue weighted by atomic mass is 10.4. The van der Waals surface area contributed by atoms with Crippen LogP contribution in [0.4, 0.5) is 0 Å². The fourth-order valence-electron chi connectivity index (χ4n) is 1.91. The highest BCUT2D eigenvalue weighted by Crippen LogP contribution is 2.28. The molecule has 0 bridgehead atoms. The zero-order chi connectivity index (χ0) is 15.2. The second-order valence-corrected chi connectivity index (χ2v) is 6.76. The Bertz CT molecular complexity index is 502. The first-order valence-corrected chi connectivity index (χ1v) is 8.71. The number of halogens is 1. The molecule has 1 amide bonds. The van der Waals surface area contributed by atoms with Crippen LogP contribution < -0.4 is 0 Å². The lowest BCUT2D eigenvalue weighted by Gasteiger charge is -2.21. The van der Waals surface area contributed by atoms with Gasteiger partial charge in [0.25, 0.3) is 0 Å². The van der Waals surface area contributed by atoms with Gasteiger partial charge in [-0.3, -0.25) is 9.59 Å². The molecular formula is C15H18BrNO3S. The monoisotopic (exact) mass is 371 g/mol. The molecule has 0 spiro atoms. The number of hydrogen-bond donors (Lipinski definition) is 0. The van der Waals surface area contributed by atoms with Crippen LogP contribution in [0, 0.1) is 0 Å². The molecule has 21 heavy (non-hydrogen) atoms. The Morgan fingerprint density at radius 3 is 2.57 bits per heavy atom. The molecule has 0 heterocycles. The van der Waals surface area contributed by atoms with E-state index in [1.165, 1.54) is 11.8 Å². The second-order valence-electron chi connectivity index (χ2n) is 4.80. The molecular weight excluding hydrogens is 354 g/mol. The minimum Gasteiger partial charge on any atom is -0.465 e. The van der Waals surface area contributed by atoms with E-state index in [1.54, 1.807) is 11.8 Å². The van der Waals surface area contributed by atoms with E-state index in [0.29, 0.717) is 12.4 Å². The van der Waals surface area contributed by atoms with Crippen LogP contribution in [-0.4, -0.2) is 41.7 Å². The van der Waals surface area contributed by atoms with Gasteiger partial charge < -0.3 is 9.64 Å².